The Bertz CT molecular complexity index is 865. The second-order valence-corrected chi connectivity index (χ2v) is 9.06. The first-order valence-corrected chi connectivity index (χ1v) is 10.3. The van der Waals surface area contributed by atoms with Crippen molar-refractivity contribution < 1.29 is 8.42 Å². The number of hydrogen-bond acceptors (Lipinski definition) is 6. The Morgan fingerprint density at radius 3 is 2.72 bits per heavy atom. The van der Waals surface area contributed by atoms with Crippen LogP contribution in [0.1, 0.15) is 37.3 Å². The summed E-state index contributed by atoms with van der Waals surface area (Å²) in [5.41, 5.74) is 3.37. The van der Waals surface area contributed by atoms with Gasteiger partial charge < -0.3 is 10.6 Å². The molecule has 2 aromatic rings. The van der Waals surface area contributed by atoms with E-state index < -0.39 is 9.84 Å². The zero-order valence-corrected chi connectivity index (χ0v) is 15.6. The van der Waals surface area contributed by atoms with Gasteiger partial charge in [0.15, 0.2) is 9.84 Å². The molecule has 0 aliphatic carbocycles. The van der Waals surface area contributed by atoms with Crippen molar-refractivity contribution in [1.29, 1.82) is 0 Å². The van der Waals surface area contributed by atoms with E-state index >= 15 is 0 Å². The summed E-state index contributed by atoms with van der Waals surface area (Å²) in [7, 11) is -2.92. The normalized spacial score (nSPS) is 19.1. The molecule has 2 heterocycles. The second-order valence-electron chi connectivity index (χ2n) is 6.83. The van der Waals surface area contributed by atoms with E-state index in [0.29, 0.717) is 24.1 Å². The highest BCUT2D eigenvalue weighted by Crippen LogP contribution is 2.29. The van der Waals surface area contributed by atoms with Crippen molar-refractivity contribution >= 4 is 27.3 Å². The number of aryl methyl sites for hydroxylation is 1. The Balaban J connectivity index is 1.79. The monoisotopic (exact) mass is 360 g/mol. The van der Waals surface area contributed by atoms with E-state index in [-0.39, 0.29) is 17.5 Å². The lowest BCUT2D eigenvalue weighted by molar-refractivity contribution is 0.602. The fourth-order valence-corrected chi connectivity index (χ4v) is 4.74. The average molecular weight is 360 g/mol. The van der Waals surface area contributed by atoms with Gasteiger partial charge in [-0.15, -0.1) is 0 Å². The SMILES string of the molecule is Cc1cccc(C(C)C)c1Nc1nccc(NC2CCS(=O)(=O)C2)n1. The lowest BCUT2D eigenvalue weighted by Crippen LogP contribution is -2.21. The van der Waals surface area contributed by atoms with E-state index in [2.05, 4.69) is 59.6 Å². The molecule has 1 atom stereocenters. The third kappa shape index (κ3) is 4.28. The molecule has 1 fully saturated rings. The Kier molecular flexibility index (Phi) is 4.94. The number of nitrogens with zero attached hydrogens (tertiary/aromatic N) is 2. The van der Waals surface area contributed by atoms with Crippen molar-refractivity contribution in [1.82, 2.24) is 9.97 Å². The van der Waals surface area contributed by atoms with Crippen LogP contribution in [-0.2, 0) is 9.84 Å². The standard InChI is InChI=1S/C18H24N4O2S/c1-12(2)15-6-4-5-13(3)17(15)22-18-19-9-7-16(21-18)20-14-8-10-25(23,24)11-14/h4-7,9,12,14H,8,10-11H2,1-3H3,(H2,19,20,21,22). The quantitative estimate of drug-likeness (QED) is 0.851. The molecular formula is C18H24N4O2S. The summed E-state index contributed by atoms with van der Waals surface area (Å²) in [5, 5.41) is 6.53. The molecule has 0 saturated carbocycles. The van der Waals surface area contributed by atoms with Gasteiger partial charge in [-0.05, 0) is 36.5 Å². The van der Waals surface area contributed by atoms with Crippen LogP contribution in [0.5, 0.6) is 0 Å². The second kappa shape index (κ2) is 7.00. The summed E-state index contributed by atoms with van der Waals surface area (Å²) < 4.78 is 23.2. The number of hydrogen-bond donors (Lipinski definition) is 2. The van der Waals surface area contributed by atoms with Crippen molar-refractivity contribution in [2.45, 2.75) is 39.2 Å². The van der Waals surface area contributed by atoms with Crippen LogP contribution in [0, 0.1) is 6.92 Å². The number of sulfone groups is 1. The largest absolute Gasteiger partial charge is 0.366 e. The van der Waals surface area contributed by atoms with Crippen LogP contribution in [0.25, 0.3) is 0 Å². The highest BCUT2D eigenvalue weighted by atomic mass is 32.2. The molecule has 3 rings (SSSR count). The molecule has 6 nitrogen and oxygen atoms in total. The molecule has 134 valence electrons. The fraction of sp³-hybridized carbons (Fsp3) is 0.444. The Morgan fingerprint density at radius 2 is 2.04 bits per heavy atom. The third-order valence-electron chi connectivity index (χ3n) is 4.40. The lowest BCUT2D eigenvalue weighted by Gasteiger charge is -2.17. The van der Waals surface area contributed by atoms with Gasteiger partial charge in [0, 0.05) is 17.9 Å². The summed E-state index contributed by atoms with van der Waals surface area (Å²) in [6, 6.07) is 7.88. The first-order chi connectivity index (χ1) is 11.8. The number of aromatic nitrogens is 2. The van der Waals surface area contributed by atoms with E-state index in [1.165, 1.54) is 5.56 Å². The summed E-state index contributed by atoms with van der Waals surface area (Å²) >= 11 is 0. The third-order valence-corrected chi connectivity index (χ3v) is 6.17. The maximum absolute atomic E-state index is 11.6. The minimum atomic E-state index is -2.92. The van der Waals surface area contributed by atoms with E-state index in [0.717, 1.165) is 11.3 Å². The average Bonchev–Trinajstić information content (AvgIpc) is 2.88. The van der Waals surface area contributed by atoms with Crippen LogP contribution >= 0.6 is 0 Å². The Morgan fingerprint density at radius 1 is 1.24 bits per heavy atom. The molecule has 0 bridgehead atoms. The van der Waals surface area contributed by atoms with E-state index in [1.54, 1.807) is 12.3 Å². The van der Waals surface area contributed by atoms with Gasteiger partial charge in [-0.2, -0.15) is 4.98 Å². The van der Waals surface area contributed by atoms with Crippen LogP contribution < -0.4 is 10.6 Å². The first kappa shape index (κ1) is 17.7. The highest BCUT2D eigenvalue weighted by molar-refractivity contribution is 7.91. The van der Waals surface area contributed by atoms with Gasteiger partial charge in [-0.1, -0.05) is 32.0 Å². The number of rotatable bonds is 5. The maximum Gasteiger partial charge on any atom is 0.229 e. The van der Waals surface area contributed by atoms with Gasteiger partial charge in [-0.3, -0.25) is 0 Å². The fourth-order valence-electron chi connectivity index (χ4n) is 3.07. The zero-order valence-electron chi connectivity index (χ0n) is 14.8. The molecule has 0 amide bonds. The molecule has 7 heteroatoms. The highest BCUT2D eigenvalue weighted by Gasteiger charge is 2.27. The number of para-hydroxylation sites is 1. The Hall–Kier alpha value is -2.15. The number of nitrogens with one attached hydrogen (secondary N) is 2. The number of benzene rings is 1. The van der Waals surface area contributed by atoms with E-state index in [9.17, 15) is 8.42 Å². The first-order valence-electron chi connectivity index (χ1n) is 8.50. The molecule has 1 aromatic carbocycles. The molecule has 2 N–H and O–H groups in total. The molecule has 0 radical (unpaired) electrons. The van der Waals surface area contributed by atoms with Crippen molar-refractivity contribution in [3.8, 4) is 0 Å². The predicted molar refractivity (Wildman–Crippen MR) is 101 cm³/mol. The van der Waals surface area contributed by atoms with Gasteiger partial charge in [0.1, 0.15) is 5.82 Å². The molecule has 1 unspecified atom stereocenters. The van der Waals surface area contributed by atoms with Gasteiger partial charge >= 0.3 is 0 Å². The molecule has 0 spiro atoms. The van der Waals surface area contributed by atoms with Crippen LogP contribution in [-0.4, -0.2) is 35.9 Å². The summed E-state index contributed by atoms with van der Waals surface area (Å²) in [6.45, 7) is 6.36. The van der Waals surface area contributed by atoms with Crippen molar-refractivity contribution in [3.63, 3.8) is 0 Å². The summed E-state index contributed by atoms with van der Waals surface area (Å²) in [6.07, 6.45) is 2.29. The molecule has 1 aromatic heterocycles. The van der Waals surface area contributed by atoms with E-state index in [4.69, 9.17) is 0 Å². The van der Waals surface area contributed by atoms with E-state index in [1.807, 2.05) is 0 Å². The van der Waals surface area contributed by atoms with Crippen molar-refractivity contribution in [2.75, 3.05) is 22.1 Å². The van der Waals surface area contributed by atoms with Gasteiger partial charge in [0.25, 0.3) is 0 Å². The minimum Gasteiger partial charge on any atom is -0.366 e. The van der Waals surface area contributed by atoms with Crippen molar-refractivity contribution in [2.24, 2.45) is 0 Å². The van der Waals surface area contributed by atoms with Crippen molar-refractivity contribution in [3.05, 3.63) is 41.6 Å². The van der Waals surface area contributed by atoms with Gasteiger partial charge in [-0.25, -0.2) is 13.4 Å². The molecule has 1 aliphatic heterocycles. The predicted octanol–water partition coefficient (Wildman–Crippen LogP) is 3.25. The van der Waals surface area contributed by atoms with Gasteiger partial charge in [0.05, 0.1) is 11.5 Å². The maximum atomic E-state index is 11.6. The van der Waals surface area contributed by atoms with Crippen LogP contribution in [0.2, 0.25) is 0 Å². The van der Waals surface area contributed by atoms with Crippen LogP contribution in [0.3, 0.4) is 0 Å². The van der Waals surface area contributed by atoms with Crippen LogP contribution in [0.4, 0.5) is 17.5 Å². The molecule has 1 saturated heterocycles. The number of anilines is 3. The molecular weight excluding hydrogens is 336 g/mol. The Labute approximate surface area is 149 Å². The van der Waals surface area contributed by atoms with Crippen LogP contribution in [0.15, 0.2) is 30.5 Å². The topological polar surface area (TPSA) is 84.0 Å². The summed E-state index contributed by atoms with van der Waals surface area (Å²) in [4.78, 5) is 8.79. The van der Waals surface area contributed by atoms with Gasteiger partial charge in [0.2, 0.25) is 5.95 Å². The molecule has 25 heavy (non-hydrogen) atoms. The summed E-state index contributed by atoms with van der Waals surface area (Å²) in [5.74, 6) is 1.92. The minimum absolute atomic E-state index is 0.0857. The zero-order chi connectivity index (χ0) is 18.0. The lowest BCUT2D eigenvalue weighted by atomic mass is 9.98. The molecule has 1 aliphatic rings. The smallest absolute Gasteiger partial charge is 0.229 e.